The Morgan fingerprint density at radius 1 is 1.08 bits per heavy atom. The smallest absolute Gasteiger partial charge is 0.330 e. The van der Waals surface area contributed by atoms with Gasteiger partial charge in [-0.2, -0.15) is 0 Å². The lowest BCUT2D eigenvalue weighted by atomic mass is 10.1. The molecular formula is C27H38N6O5. The number of nitrogen functional groups attached to an aromatic ring is 1. The first-order valence-corrected chi connectivity index (χ1v) is 12.8. The Labute approximate surface area is 222 Å². The number of anilines is 3. The predicted octanol–water partition coefficient (Wildman–Crippen LogP) is 1.58. The number of H-pyrrole nitrogens is 1. The number of benzene rings is 1. The fourth-order valence-corrected chi connectivity index (χ4v) is 4.59. The van der Waals surface area contributed by atoms with Crippen LogP contribution in [0.15, 0.2) is 33.9 Å². The van der Waals surface area contributed by atoms with Crippen LogP contribution in [-0.4, -0.2) is 58.9 Å². The van der Waals surface area contributed by atoms with E-state index >= 15 is 0 Å². The summed E-state index contributed by atoms with van der Waals surface area (Å²) in [5.74, 6) is -1.65. The highest BCUT2D eigenvalue weighted by Crippen LogP contribution is 2.27. The van der Waals surface area contributed by atoms with Crippen molar-refractivity contribution in [2.45, 2.75) is 47.6 Å². The van der Waals surface area contributed by atoms with Crippen molar-refractivity contribution in [3.63, 3.8) is 0 Å². The molecule has 11 heteroatoms. The zero-order valence-electron chi connectivity index (χ0n) is 23.0. The third-order valence-electron chi connectivity index (χ3n) is 6.45. The minimum absolute atomic E-state index is 0.0280. The molecule has 3 rings (SSSR count). The van der Waals surface area contributed by atoms with Gasteiger partial charge >= 0.3 is 5.69 Å². The van der Waals surface area contributed by atoms with Crippen LogP contribution in [-0.2, 0) is 20.9 Å². The number of aromatic amines is 1. The molecule has 1 aliphatic rings. The third-order valence-corrected chi connectivity index (χ3v) is 6.45. The second-order valence-electron chi connectivity index (χ2n) is 10.8. The number of aryl methyl sites for hydroxylation is 1. The van der Waals surface area contributed by atoms with Crippen LogP contribution in [0.25, 0.3) is 0 Å². The quantitative estimate of drug-likeness (QED) is 0.508. The lowest BCUT2D eigenvalue weighted by Crippen LogP contribution is -2.48. The van der Waals surface area contributed by atoms with Crippen molar-refractivity contribution in [2.24, 2.45) is 17.8 Å². The Morgan fingerprint density at radius 2 is 1.71 bits per heavy atom. The summed E-state index contributed by atoms with van der Waals surface area (Å²) in [6.45, 7) is 9.87. The van der Waals surface area contributed by atoms with Gasteiger partial charge in [-0.1, -0.05) is 45.4 Å². The van der Waals surface area contributed by atoms with Gasteiger partial charge in [-0.15, -0.1) is 0 Å². The SMILES string of the molecule is Cc1ccc(N2C[C@H](C(=O)N(C)CC(=O)N(CC(C)C)c3c(N)n(CC(C)C)c(=O)[nH]c3=O)CC2=O)cc1. The molecule has 0 spiro atoms. The van der Waals surface area contributed by atoms with Crippen LogP contribution in [0.5, 0.6) is 0 Å². The number of amides is 3. The molecule has 1 fully saturated rings. The molecule has 0 radical (unpaired) electrons. The van der Waals surface area contributed by atoms with Crippen LogP contribution in [0.3, 0.4) is 0 Å². The van der Waals surface area contributed by atoms with Crippen molar-refractivity contribution in [3.05, 3.63) is 50.7 Å². The van der Waals surface area contributed by atoms with Crippen molar-refractivity contribution in [2.75, 3.05) is 42.2 Å². The van der Waals surface area contributed by atoms with Crippen LogP contribution in [0, 0.1) is 24.7 Å². The highest BCUT2D eigenvalue weighted by atomic mass is 16.2. The molecule has 2 heterocycles. The van der Waals surface area contributed by atoms with Gasteiger partial charge in [0.25, 0.3) is 5.56 Å². The van der Waals surface area contributed by atoms with E-state index < -0.39 is 23.1 Å². The molecule has 0 saturated carbocycles. The maximum Gasteiger partial charge on any atom is 0.330 e. The zero-order valence-corrected chi connectivity index (χ0v) is 23.0. The minimum Gasteiger partial charge on any atom is -0.383 e. The van der Waals surface area contributed by atoms with Crippen LogP contribution < -0.4 is 26.8 Å². The maximum atomic E-state index is 13.5. The largest absolute Gasteiger partial charge is 0.383 e. The molecule has 3 amide bonds. The number of nitrogens with one attached hydrogen (secondary N) is 1. The highest BCUT2D eigenvalue weighted by Gasteiger charge is 2.37. The van der Waals surface area contributed by atoms with Gasteiger partial charge in [0.2, 0.25) is 17.7 Å². The summed E-state index contributed by atoms with van der Waals surface area (Å²) < 4.78 is 1.25. The number of rotatable bonds is 9. The number of hydrogen-bond acceptors (Lipinski definition) is 6. The number of hydrogen-bond donors (Lipinski definition) is 2. The highest BCUT2D eigenvalue weighted by molar-refractivity contribution is 6.02. The molecule has 1 aliphatic heterocycles. The molecule has 11 nitrogen and oxygen atoms in total. The van der Waals surface area contributed by atoms with Gasteiger partial charge in [-0.3, -0.25) is 28.7 Å². The van der Waals surface area contributed by atoms with Gasteiger partial charge in [-0.25, -0.2) is 4.79 Å². The lowest BCUT2D eigenvalue weighted by Gasteiger charge is -2.29. The molecule has 0 bridgehead atoms. The molecule has 1 aromatic heterocycles. The number of carbonyl (C=O) groups excluding carboxylic acids is 3. The summed E-state index contributed by atoms with van der Waals surface area (Å²) in [6, 6.07) is 7.50. The second-order valence-corrected chi connectivity index (χ2v) is 10.8. The number of nitrogens with zero attached hydrogens (tertiary/aromatic N) is 4. The van der Waals surface area contributed by atoms with Gasteiger partial charge in [0, 0.05) is 38.8 Å². The monoisotopic (exact) mass is 526 g/mol. The van der Waals surface area contributed by atoms with Gasteiger partial charge < -0.3 is 20.4 Å². The Hall–Kier alpha value is -3.89. The summed E-state index contributed by atoms with van der Waals surface area (Å²) in [6.07, 6.45) is 0.0493. The van der Waals surface area contributed by atoms with Gasteiger partial charge in [0.15, 0.2) is 5.69 Å². The van der Waals surface area contributed by atoms with E-state index in [0.717, 1.165) is 11.3 Å². The Balaban J connectivity index is 1.81. The van der Waals surface area contributed by atoms with E-state index in [2.05, 4.69) is 4.98 Å². The minimum atomic E-state index is -0.759. The fourth-order valence-electron chi connectivity index (χ4n) is 4.59. The van der Waals surface area contributed by atoms with E-state index in [-0.39, 0.29) is 67.8 Å². The number of nitrogens with two attached hydrogens (primary N) is 1. The molecule has 1 saturated heterocycles. The van der Waals surface area contributed by atoms with E-state index in [9.17, 15) is 24.0 Å². The number of aromatic nitrogens is 2. The van der Waals surface area contributed by atoms with Crippen molar-refractivity contribution >= 4 is 34.9 Å². The Bertz CT molecular complexity index is 1310. The summed E-state index contributed by atoms with van der Waals surface area (Å²) >= 11 is 0. The average molecular weight is 527 g/mol. The Morgan fingerprint density at radius 3 is 2.29 bits per heavy atom. The van der Waals surface area contributed by atoms with E-state index in [4.69, 9.17) is 5.73 Å². The van der Waals surface area contributed by atoms with Crippen LogP contribution >= 0.6 is 0 Å². The molecule has 206 valence electrons. The molecule has 2 aromatic rings. The summed E-state index contributed by atoms with van der Waals surface area (Å²) in [5, 5.41) is 0. The number of likely N-dealkylation sites (N-methyl/N-ethyl adjacent to an activating group) is 1. The van der Waals surface area contributed by atoms with Gasteiger partial charge in [0.1, 0.15) is 5.82 Å². The molecule has 3 N–H and O–H groups in total. The first-order valence-electron chi connectivity index (χ1n) is 12.8. The molecule has 1 atom stereocenters. The number of carbonyl (C=O) groups is 3. The third kappa shape index (κ3) is 6.32. The topological polar surface area (TPSA) is 142 Å². The van der Waals surface area contributed by atoms with Gasteiger partial charge in [-0.05, 0) is 30.9 Å². The fraction of sp³-hybridized carbons (Fsp3) is 0.519. The summed E-state index contributed by atoms with van der Waals surface area (Å²) in [5.41, 5.74) is 6.55. The molecule has 38 heavy (non-hydrogen) atoms. The normalized spacial score (nSPS) is 15.4. The molecule has 1 aromatic carbocycles. The first kappa shape index (κ1) is 28.7. The first-order chi connectivity index (χ1) is 17.8. The molecular weight excluding hydrogens is 488 g/mol. The average Bonchev–Trinajstić information content (AvgIpc) is 3.22. The van der Waals surface area contributed by atoms with Crippen LogP contribution in [0.2, 0.25) is 0 Å². The van der Waals surface area contributed by atoms with Crippen molar-refractivity contribution in [1.82, 2.24) is 14.5 Å². The van der Waals surface area contributed by atoms with E-state index in [0.29, 0.717) is 0 Å². The van der Waals surface area contributed by atoms with Crippen LogP contribution in [0.4, 0.5) is 17.2 Å². The molecule has 0 aliphatic carbocycles. The standard InChI is InChI=1S/C27H38N6O5/c1-16(2)12-32(23-24(28)33(13-17(3)4)27(38)29-25(23)36)22(35)15-30(6)26(37)19-11-21(34)31(14-19)20-9-7-18(5)8-10-20/h7-10,16-17,19H,11-15,28H2,1-6H3,(H,29,36,38)/t19-/m1/s1. The van der Waals surface area contributed by atoms with E-state index in [1.54, 1.807) is 4.90 Å². The van der Waals surface area contributed by atoms with E-state index in [1.807, 2.05) is 58.9 Å². The summed E-state index contributed by atoms with van der Waals surface area (Å²) in [7, 11) is 1.50. The van der Waals surface area contributed by atoms with Gasteiger partial charge in [0.05, 0.1) is 12.5 Å². The maximum absolute atomic E-state index is 13.5. The van der Waals surface area contributed by atoms with Crippen molar-refractivity contribution in [3.8, 4) is 0 Å². The Kier molecular flexibility index (Phi) is 8.80. The molecule has 0 unspecified atom stereocenters. The zero-order chi connectivity index (χ0) is 28.3. The van der Waals surface area contributed by atoms with Crippen LogP contribution in [0.1, 0.15) is 39.7 Å². The second kappa shape index (κ2) is 11.7. The van der Waals surface area contributed by atoms with Crippen molar-refractivity contribution in [1.29, 1.82) is 0 Å². The predicted molar refractivity (Wildman–Crippen MR) is 147 cm³/mol. The van der Waals surface area contributed by atoms with Crippen molar-refractivity contribution < 1.29 is 14.4 Å². The van der Waals surface area contributed by atoms with E-state index in [1.165, 1.54) is 21.4 Å². The lowest BCUT2D eigenvalue weighted by molar-refractivity contribution is -0.137. The summed E-state index contributed by atoms with van der Waals surface area (Å²) in [4.78, 5) is 70.9.